The lowest BCUT2D eigenvalue weighted by Crippen LogP contribution is -2.61. The highest BCUT2D eigenvalue weighted by molar-refractivity contribution is 6.29. The number of hydrogen-bond donors (Lipinski definition) is 4. The fraction of sp³-hybridized carbons (Fsp3) is 0.733. The van der Waals surface area contributed by atoms with E-state index in [1.54, 1.807) is 0 Å². The molecule has 1 spiro atoms. The Balaban J connectivity index is 1.76. The second-order valence-corrected chi connectivity index (χ2v) is 13.0. The van der Waals surface area contributed by atoms with Gasteiger partial charge in [0.15, 0.2) is 5.78 Å². The lowest BCUT2D eigenvalue weighted by Gasteiger charge is -2.52. The van der Waals surface area contributed by atoms with Crippen LogP contribution in [0.25, 0.3) is 0 Å². The first-order valence-corrected chi connectivity index (χ1v) is 13.9. The fourth-order valence-electron chi connectivity index (χ4n) is 8.64. The van der Waals surface area contributed by atoms with Crippen LogP contribution < -0.4 is 5.32 Å². The van der Waals surface area contributed by atoms with Gasteiger partial charge in [0, 0.05) is 16.7 Å². The van der Waals surface area contributed by atoms with Crippen molar-refractivity contribution in [3.63, 3.8) is 0 Å². The maximum atomic E-state index is 14.4. The molecule has 198 valence electrons. The minimum absolute atomic E-state index is 0.0642. The summed E-state index contributed by atoms with van der Waals surface area (Å²) in [5.74, 6) is -1.41. The van der Waals surface area contributed by atoms with Crippen molar-refractivity contribution < 1.29 is 24.9 Å². The molecule has 10 atom stereocenters. The average Bonchev–Trinajstić information content (AvgIpc) is 3.07. The molecule has 36 heavy (non-hydrogen) atoms. The van der Waals surface area contributed by atoms with E-state index < -0.39 is 34.5 Å². The van der Waals surface area contributed by atoms with Gasteiger partial charge in [0.05, 0.1) is 12.2 Å². The minimum atomic E-state index is -1.15. The Kier molecular flexibility index (Phi) is 6.11. The summed E-state index contributed by atoms with van der Waals surface area (Å²) in [6, 6.07) is 0. The van der Waals surface area contributed by atoms with Crippen molar-refractivity contribution in [2.24, 2.45) is 40.4 Å². The van der Waals surface area contributed by atoms with E-state index in [4.69, 9.17) is 0 Å². The quantitative estimate of drug-likeness (QED) is 0.318. The Morgan fingerprint density at radius 1 is 1.08 bits per heavy atom. The summed E-state index contributed by atoms with van der Waals surface area (Å²) in [5, 5.41) is 37.6. The normalized spacial score (nSPS) is 50.9. The maximum absolute atomic E-state index is 14.4. The van der Waals surface area contributed by atoms with Crippen molar-refractivity contribution in [1.29, 1.82) is 0 Å². The molecule has 2 bridgehead atoms. The zero-order valence-corrected chi connectivity index (χ0v) is 22.4. The molecule has 1 heterocycles. The first-order chi connectivity index (χ1) is 16.9. The molecule has 6 nitrogen and oxygen atoms in total. The molecule has 0 aromatic carbocycles. The second-order valence-electron chi connectivity index (χ2n) is 13.0. The number of fused-ring (bicyclic) bond motifs is 4. The molecular weight excluding hydrogens is 454 g/mol. The van der Waals surface area contributed by atoms with Crippen molar-refractivity contribution in [2.75, 3.05) is 0 Å². The smallest absolute Gasteiger partial charge is 0.259 e. The predicted octanol–water partition coefficient (Wildman–Crippen LogP) is 4.38. The van der Waals surface area contributed by atoms with Gasteiger partial charge < -0.3 is 20.6 Å². The van der Waals surface area contributed by atoms with Gasteiger partial charge in [-0.25, -0.2) is 0 Å². The van der Waals surface area contributed by atoms with Crippen LogP contribution in [-0.4, -0.2) is 44.8 Å². The van der Waals surface area contributed by atoms with Crippen LogP contribution in [-0.2, 0) is 9.59 Å². The van der Waals surface area contributed by atoms with Crippen molar-refractivity contribution in [2.45, 2.75) is 97.3 Å². The predicted molar refractivity (Wildman–Crippen MR) is 138 cm³/mol. The van der Waals surface area contributed by atoms with Gasteiger partial charge >= 0.3 is 0 Å². The van der Waals surface area contributed by atoms with Crippen LogP contribution in [0.1, 0.15) is 79.6 Å². The number of carbonyl (C=O) groups is 2. The van der Waals surface area contributed by atoms with Crippen LogP contribution in [0, 0.1) is 40.4 Å². The van der Waals surface area contributed by atoms with E-state index in [9.17, 15) is 24.9 Å². The van der Waals surface area contributed by atoms with E-state index in [2.05, 4.69) is 38.2 Å². The third-order valence-electron chi connectivity index (χ3n) is 11.1. The van der Waals surface area contributed by atoms with Crippen LogP contribution in [0.3, 0.4) is 0 Å². The van der Waals surface area contributed by atoms with E-state index in [1.807, 2.05) is 19.9 Å². The van der Waals surface area contributed by atoms with Crippen LogP contribution >= 0.6 is 0 Å². The van der Waals surface area contributed by atoms with Crippen molar-refractivity contribution in [3.05, 3.63) is 35.1 Å². The monoisotopic (exact) mass is 497 g/mol. The van der Waals surface area contributed by atoms with Gasteiger partial charge in [-0.2, -0.15) is 0 Å². The molecule has 0 radical (unpaired) electrons. The molecule has 1 saturated heterocycles. The third-order valence-corrected chi connectivity index (χ3v) is 11.1. The molecule has 1 aliphatic heterocycles. The highest BCUT2D eigenvalue weighted by atomic mass is 16.3. The number of allylic oxidation sites excluding steroid dienone is 3. The molecule has 6 heteroatoms. The zero-order chi connectivity index (χ0) is 26.2. The molecule has 4 aliphatic carbocycles. The fourth-order valence-corrected chi connectivity index (χ4v) is 8.64. The summed E-state index contributed by atoms with van der Waals surface area (Å²) in [6.07, 6.45) is 9.66. The van der Waals surface area contributed by atoms with Crippen molar-refractivity contribution >= 4 is 11.7 Å². The first kappa shape index (κ1) is 25.7. The SMILES string of the molecule is CC[C@@H]1C[C@]2(C)C=C(C)[C@H](C)C[C@@]23NC(=O)/C(=C(/O)[C@@]2(C)[C@@H]4CCC[C@H](O)[C@H]4C=C[C@H]2C[C@H]1O)C3=O. The molecule has 5 aliphatic rings. The van der Waals surface area contributed by atoms with Gasteiger partial charge in [0.25, 0.3) is 5.91 Å². The molecule has 5 rings (SSSR count). The summed E-state index contributed by atoms with van der Waals surface area (Å²) < 4.78 is 0. The van der Waals surface area contributed by atoms with Gasteiger partial charge in [0.1, 0.15) is 16.9 Å². The van der Waals surface area contributed by atoms with Gasteiger partial charge in [-0.1, -0.05) is 64.3 Å². The van der Waals surface area contributed by atoms with E-state index >= 15 is 0 Å². The summed E-state index contributed by atoms with van der Waals surface area (Å²) >= 11 is 0. The molecule has 2 fully saturated rings. The van der Waals surface area contributed by atoms with Crippen LogP contribution in [0.2, 0.25) is 0 Å². The maximum Gasteiger partial charge on any atom is 0.259 e. The Morgan fingerprint density at radius 2 is 1.81 bits per heavy atom. The third kappa shape index (κ3) is 3.36. The number of carbonyl (C=O) groups excluding carboxylic acids is 2. The minimum Gasteiger partial charge on any atom is -0.511 e. The van der Waals surface area contributed by atoms with E-state index in [0.717, 1.165) is 19.3 Å². The second kappa shape index (κ2) is 8.56. The Bertz CT molecular complexity index is 1060. The lowest BCUT2D eigenvalue weighted by molar-refractivity contribution is -0.126. The number of rotatable bonds is 1. The van der Waals surface area contributed by atoms with Crippen LogP contribution in [0.15, 0.2) is 35.1 Å². The molecule has 4 N–H and O–H groups in total. The van der Waals surface area contributed by atoms with Crippen molar-refractivity contribution in [3.8, 4) is 0 Å². The van der Waals surface area contributed by atoms with Crippen LogP contribution in [0.5, 0.6) is 0 Å². The molecule has 1 saturated carbocycles. The molecule has 0 unspecified atom stereocenters. The number of Topliss-reactive ketones (excluding diaryl/α,β-unsaturated/α-hetero) is 1. The van der Waals surface area contributed by atoms with Gasteiger partial charge in [-0.05, 0) is 62.7 Å². The summed E-state index contributed by atoms with van der Waals surface area (Å²) in [6.45, 7) is 10.2. The van der Waals surface area contributed by atoms with Gasteiger partial charge in [0.2, 0.25) is 0 Å². The number of hydrogen-bond acceptors (Lipinski definition) is 5. The van der Waals surface area contributed by atoms with Crippen molar-refractivity contribution in [1.82, 2.24) is 5.32 Å². The summed E-state index contributed by atoms with van der Waals surface area (Å²) in [7, 11) is 0. The number of nitrogens with one attached hydrogen (secondary N) is 1. The standard InChI is InChI=1S/C30H43NO5/c1-6-18-15-28(4)13-16(2)17(3)14-30(28)26(35)24(27(36)31-30)25(34)29(5)19(12-23(18)33)10-11-20-21(29)8-7-9-22(20)32/h10-11,13,17-23,32-34H,6-9,12,14-15H2,1-5H3,(H,31,36)/b25-24+/t17-,18-,19+,20+,21-,22+,23-,28+,29-,30+/m1/s1. The Labute approximate surface area is 214 Å². The molecular formula is C30H43NO5. The number of amides is 1. The molecule has 0 aromatic heterocycles. The first-order valence-electron chi connectivity index (χ1n) is 13.9. The van der Waals surface area contributed by atoms with E-state index in [1.165, 1.54) is 5.57 Å². The highest BCUT2D eigenvalue weighted by Gasteiger charge is 2.64. The Hall–Kier alpha value is -1.92. The average molecular weight is 498 g/mol. The van der Waals surface area contributed by atoms with Gasteiger partial charge in [-0.15, -0.1) is 0 Å². The molecule has 1 amide bonds. The van der Waals surface area contributed by atoms with Crippen LogP contribution in [0.4, 0.5) is 0 Å². The number of aliphatic hydroxyl groups is 3. The zero-order valence-electron chi connectivity index (χ0n) is 22.4. The topological polar surface area (TPSA) is 107 Å². The largest absolute Gasteiger partial charge is 0.511 e. The lowest BCUT2D eigenvalue weighted by atomic mass is 9.53. The van der Waals surface area contributed by atoms with Gasteiger partial charge in [-0.3, -0.25) is 9.59 Å². The highest BCUT2D eigenvalue weighted by Crippen LogP contribution is 2.59. The number of ketones is 1. The summed E-state index contributed by atoms with van der Waals surface area (Å²) in [4.78, 5) is 28.1. The molecule has 0 aromatic rings. The number of aliphatic hydroxyl groups excluding tert-OH is 3. The Morgan fingerprint density at radius 3 is 2.50 bits per heavy atom. The summed E-state index contributed by atoms with van der Waals surface area (Å²) in [5.41, 5.74) is -1.68. The van der Waals surface area contributed by atoms with E-state index in [-0.39, 0.29) is 46.7 Å². The van der Waals surface area contributed by atoms with E-state index in [0.29, 0.717) is 25.7 Å².